The van der Waals surface area contributed by atoms with Gasteiger partial charge in [-0.3, -0.25) is 0 Å². The van der Waals surface area contributed by atoms with Gasteiger partial charge in [0.1, 0.15) is 11.6 Å². The monoisotopic (exact) mass is 197 g/mol. The molecule has 1 aromatic heterocycles. The molecule has 0 aliphatic heterocycles. The fourth-order valence-corrected chi connectivity index (χ4v) is 1.47. The summed E-state index contributed by atoms with van der Waals surface area (Å²) in [6, 6.07) is 1.89. The van der Waals surface area contributed by atoms with Gasteiger partial charge in [-0.15, -0.1) is 0 Å². The molecule has 0 saturated carbocycles. The van der Waals surface area contributed by atoms with E-state index in [1.54, 1.807) is 6.20 Å². The van der Waals surface area contributed by atoms with E-state index in [1.807, 2.05) is 17.8 Å². The molecule has 4 heteroatoms. The number of nitrogens with one attached hydrogen (secondary N) is 1. The molecule has 0 fully saturated rings. The number of thioether (sulfide) groups is 1. The van der Waals surface area contributed by atoms with Gasteiger partial charge in [0.25, 0.3) is 0 Å². The van der Waals surface area contributed by atoms with Crippen molar-refractivity contribution in [3.05, 3.63) is 18.1 Å². The molecule has 1 N–H and O–H groups in total. The summed E-state index contributed by atoms with van der Waals surface area (Å²) < 4.78 is 0. The number of anilines is 1. The number of aromatic nitrogens is 2. The summed E-state index contributed by atoms with van der Waals surface area (Å²) in [6.45, 7) is 5.10. The molecule has 0 amide bonds. The van der Waals surface area contributed by atoms with Gasteiger partial charge in [0, 0.05) is 12.7 Å². The second-order valence-electron chi connectivity index (χ2n) is 2.53. The van der Waals surface area contributed by atoms with E-state index in [-0.39, 0.29) is 0 Å². The Labute approximate surface area is 83.4 Å². The molecule has 0 saturated heterocycles. The first kappa shape index (κ1) is 10.3. The van der Waals surface area contributed by atoms with Crippen LogP contribution in [-0.4, -0.2) is 22.3 Å². The molecule has 3 nitrogen and oxygen atoms in total. The van der Waals surface area contributed by atoms with Crippen molar-refractivity contribution in [1.82, 2.24) is 9.97 Å². The lowest BCUT2D eigenvalue weighted by Crippen LogP contribution is -2.02. The maximum absolute atomic E-state index is 4.36. The zero-order valence-corrected chi connectivity index (χ0v) is 8.90. The summed E-state index contributed by atoms with van der Waals surface area (Å²) in [6.07, 6.45) is 1.80. The minimum absolute atomic E-state index is 0.899. The minimum atomic E-state index is 0.899. The predicted octanol–water partition coefficient (Wildman–Crippen LogP) is 2.16. The molecule has 13 heavy (non-hydrogen) atoms. The van der Waals surface area contributed by atoms with Crippen molar-refractivity contribution in [2.45, 2.75) is 19.6 Å². The van der Waals surface area contributed by atoms with Crippen LogP contribution in [0.2, 0.25) is 0 Å². The molecule has 1 heterocycles. The average molecular weight is 197 g/mol. The quantitative estimate of drug-likeness (QED) is 0.785. The van der Waals surface area contributed by atoms with Crippen LogP contribution in [0.15, 0.2) is 12.3 Å². The largest absolute Gasteiger partial charge is 0.370 e. The number of rotatable bonds is 5. The van der Waals surface area contributed by atoms with E-state index in [0.29, 0.717) is 0 Å². The Bertz CT molecular complexity index is 252. The van der Waals surface area contributed by atoms with Crippen molar-refractivity contribution in [2.24, 2.45) is 0 Å². The molecule has 0 atom stereocenters. The van der Waals surface area contributed by atoms with Gasteiger partial charge in [-0.25, -0.2) is 9.97 Å². The van der Waals surface area contributed by atoms with Crippen molar-refractivity contribution in [2.75, 3.05) is 17.6 Å². The molecule has 0 bridgehead atoms. The SMILES string of the molecule is CCNc1ccnc(CSCC)n1. The lowest BCUT2D eigenvalue weighted by atomic mass is 10.5. The van der Waals surface area contributed by atoms with Crippen LogP contribution in [0, 0.1) is 0 Å². The molecule has 0 radical (unpaired) electrons. The van der Waals surface area contributed by atoms with Crippen molar-refractivity contribution >= 4 is 17.6 Å². The third kappa shape index (κ3) is 3.63. The zero-order chi connectivity index (χ0) is 9.52. The average Bonchev–Trinajstić information content (AvgIpc) is 2.16. The molecule has 72 valence electrons. The van der Waals surface area contributed by atoms with Gasteiger partial charge in [0.2, 0.25) is 0 Å². The highest BCUT2D eigenvalue weighted by molar-refractivity contribution is 7.98. The van der Waals surface area contributed by atoms with E-state index in [0.717, 1.165) is 29.7 Å². The first-order valence-corrected chi connectivity index (χ1v) is 5.65. The Morgan fingerprint density at radius 1 is 1.46 bits per heavy atom. The third-order valence-electron chi connectivity index (χ3n) is 1.50. The second kappa shape index (κ2) is 5.80. The highest BCUT2D eigenvalue weighted by Gasteiger charge is 1.97. The lowest BCUT2D eigenvalue weighted by molar-refractivity contribution is 1.02. The van der Waals surface area contributed by atoms with E-state index < -0.39 is 0 Å². The summed E-state index contributed by atoms with van der Waals surface area (Å²) >= 11 is 1.84. The number of hydrogen-bond acceptors (Lipinski definition) is 4. The van der Waals surface area contributed by atoms with Crippen LogP contribution < -0.4 is 5.32 Å². The maximum atomic E-state index is 4.36. The topological polar surface area (TPSA) is 37.8 Å². The van der Waals surface area contributed by atoms with Crippen molar-refractivity contribution < 1.29 is 0 Å². The number of hydrogen-bond donors (Lipinski definition) is 1. The van der Waals surface area contributed by atoms with Crippen LogP contribution >= 0.6 is 11.8 Å². The van der Waals surface area contributed by atoms with Crippen LogP contribution in [0.1, 0.15) is 19.7 Å². The molecule has 1 rings (SSSR count). The molecule has 0 spiro atoms. The Balaban J connectivity index is 2.56. The van der Waals surface area contributed by atoms with Gasteiger partial charge in [-0.2, -0.15) is 11.8 Å². The normalized spacial score (nSPS) is 10.0. The van der Waals surface area contributed by atoms with E-state index in [1.165, 1.54) is 0 Å². The Morgan fingerprint density at radius 3 is 3.00 bits per heavy atom. The predicted molar refractivity (Wildman–Crippen MR) is 58.0 cm³/mol. The molecule has 0 aliphatic carbocycles. The van der Waals surface area contributed by atoms with Crippen LogP contribution in [0.3, 0.4) is 0 Å². The summed E-state index contributed by atoms with van der Waals surface area (Å²) in [5.41, 5.74) is 0. The first-order chi connectivity index (χ1) is 6.36. The maximum Gasteiger partial charge on any atom is 0.140 e. The summed E-state index contributed by atoms with van der Waals surface area (Å²) in [7, 11) is 0. The lowest BCUT2D eigenvalue weighted by Gasteiger charge is -2.03. The van der Waals surface area contributed by atoms with E-state index in [2.05, 4.69) is 29.1 Å². The van der Waals surface area contributed by atoms with Crippen LogP contribution in [0.4, 0.5) is 5.82 Å². The van der Waals surface area contributed by atoms with Gasteiger partial charge in [0.15, 0.2) is 0 Å². The minimum Gasteiger partial charge on any atom is -0.370 e. The van der Waals surface area contributed by atoms with Crippen LogP contribution in [0.25, 0.3) is 0 Å². The van der Waals surface area contributed by atoms with Crippen molar-refractivity contribution in [3.63, 3.8) is 0 Å². The van der Waals surface area contributed by atoms with E-state index >= 15 is 0 Å². The first-order valence-electron chi connectivity index (χ1n) is 4.50. The Hall–Kier alpha value is -0.770. The molecule has 1 aromatic rings. The van der Waals surface area contributed by atoms with Crippen LogP contribution in [0.5, 0.6) is 0 Å². The smallest absolute Gasteiger partial charge is 0.140 e. The van der Waals surface area contributed by atoms with Gasteiger partial charge in [-0.1, -0.05) is 6.92 Å². The van der Waals surface area contributed by atoms with E-state index in [9.17, 15) is 0 Å². The third-order valence-corrected chi connectivity index (χ3v) is 2.37. The fraction of sp³-hybridized carbons (Fsp3) is 0.556. The summed E-state index contributed by atoms with van der Waals surface area (Å²) in [4.78, 5) is 8.54. The van der Waals surface area contributed by atoms with Gasteiger partial charge >= 0.3 is 0 Å². The molecule has 0 unspecified atom stereocenters. The van der Waals surface area contributed by atoms with Crippen LogP contribution in [-0.2, 0) is 5.75 Å². The fourth-order valence-electron chi connectivity index (χ4n) is 0.942. The van der Waals surface area contributed by atoms with Crippen molar-refractivity contribution in [3.8, 4) is 0 Å². The Morgan fingerprint density at radius 2 is 2.31 bits per heavy atom. The molecule has 0 aromatic carbocycles. The number of nitrogens with zero attached hydrogens (tertiary/aromatic N) is 2. The zero-order valence-electron chi connectivity index (χ0n) is 8.08. The summed E-state index contributed by atoms with van der Waals surface area (Å²) in [5.74, 6) is 3.83. The van der Waals surface area contributed by atoms with Gasteiger partial charge < -0.3 is 5.32 Å². The van der Waals surface area contributed by atoms with Gasteiger partial charge in [0.05, 0.1) is 5.75 Å². The molecular formula is C9H15N3S. The highest BCUT2D eigenvalue weighted by atomic mass is 32.2. The van der Waals surface area contributed by atoms with Crippen molar-refractivity contribution in [1.29, 1.82) is 0 Å². The van der Waals surface area contributed by atoms with E-state index in [4.69, 9.17) is 0 Å². The molecular weight excluding hydrogens is 182 g/mol. The second-order valence-corrected chi connectivity index (χ2v) is 3.80. The molecule has 0 aliphatic rings. The highest BCUT2D eigenvalue weighted by Crippen LogP contribution is 2.09. The Kier molecular flexibility index (Phi) is 4.60. The standard InChI is InChI=1S/C9H15N3S/c1-3-10-8-5-6-11-9(12-8)7-13-4-2/h5-6H,3-4,7H2,1-2H3,(H,10,11,12). The van der Waals surface area contributed by atoms with Gasteiger partial charge in [-0.05, 0) is 18.7 Å². The summed E-state index contributed by atoms with van der Waals surface area (Å²) in [5, 5.41) is 3.16.